The Morgan fingerprint density at radius 1 is 1.09 bits per heavy atom. The zero-order chi connectivity index (χ0) is 15.5. The molecule has 0 spiro atoms. The van der Waals surface area contributed by atoms with Crippen LogP contribution in [0.15, 0.2) is 54.6 Å². The summed E-state index contributed by atoms with van der Waals surface area (Å²) in [5, 5.41) is 3.21. The minimum atomic E-state index is -0.626. The van der Waals surface area contributed by atoms with E-state index in [1.807, 2.05) is 30.3 Å². The van der Waals surface area contributed by atoms with Gasteiger partial charge in [0, 0.05) is 13.1 Å². The van der Waals surface area contributed by atoms with Crippen molar-refractivity contribution in [3.63, 3.8) is 0 Å². The van der Waals surface area contributed by atoms with Crippen LogP contribution in [0.4, 0.5) is 0 Å². The van der Waals surface area contributed by atoms with E-state index in [1.54, 1.807) is 29.2 Å². The SMILES string of the molecule is O=C1NCCN(C(=O)c2ccccc2Cl)C1c1ccccc1. The van der Waals surface area contributed by atoms with Crippen LogP contribution in [0.5, 0.6) is 0 Å². The molecule has 1 aliphatic rings. The monoisotopic (exact) mass is 314 g/mol. The Kier molecular flexibility index (Phi) is 4.11. The number of carbonyl (C=O) groups excluding carboxylic acids is 2. The first-order valence-electron chi connectivity index (χ1n) is 7.06. The molecule has 112 valence electrons. The average Bonchev–Trinajstić information content (AvgIpc) is 2.55. The minimum Gasteiger partial charge on any atom is -0.352 e. The molecule has 1 aliphatic heterocycles. The fraction of sp³-hybridized carbons (Fsp3) is 0.176. The second kappa shape index (κ2) is 6.20. The van der Waals surface area contributed by atoms with Gasteiger partial charge in [0.15, 0.2) is 0 Å². The molecule has 1 unspecified atom stereocenters. The van der Waals surface area contributed by atoms with Crippen molar-refractivity contribution in [1.29, 1.82) is 0 Å². The van der Waals surface area contributed by atoms with Crippen molar-refractivity contribution in [3.8, 4) is 0 Å². The van der Waals surface area contributed by atoms with Crippen LogP contribution in [-0.4, -0.2) is 29.8 Å². The quantitative estimate of drug-likeness (QED) is 0.926. The third-order valence-corrected chi connectivity index (χ3v) is 4.02. The first-order chi connectivity index (χ1) is 10.7. The molecule has 0 saturated carbocycles. The van der Waals surface area contributed by atoms with Crippen LogP contribution in [0.3, 0.4) is 0 Å². The molecule has 4 nitrogen and oxygen atoms in total. The van der Waals surface area contributed by atoms with Gasteiger partial charge < -0.3 is 10.2 Å². The van der Waals surface area contributed by atoms with Crippen LogP contribution in [0.25, 0.3) is 0 Å². The van der Waals surface area contributed by atoms with Gasteiger partial charge in [-0.2, -0.15) is 0 Å². The van der Waals surface area contributed by atoms with E-state index in [4.69, 9.17) is 11.6 Å². The van der Waals surface area contributed by atoms with Gasteiger partial charge in [-0.25, -0.2) is 0 Å². The summed E-state index contributed by atoms with van der Waals surface area (Å²) >= 11 is 6.12. The fourth-order valence-corrected chi connectivity index (χ4v) is 2.86. The molecule has 3 rings (SSSR count). The van der Waals surface area contributed by atoms with Crippen LogP contribution in [-0.2, 0) is 4.79 Å². The number of nitrogens with zero attached hydrogens (tertiary/aromatic N) is 1. The Balaban J connectivity index is 1.98. The lowest BCUT2D eigenvalue weighted by Gasteiger charge is -2.35. The summed E-state index contributed by atoms with van der Waals surface area (Å²) in [6.45, 7) is 0.897. The molecule has 1 fully saturated rings. The van der Waals surface area contributed by atoms with Crippen molar-refractivity contribution < 1.29 is 9.59 Å². The number of benzene rings is 2. The molecule has 0 radical (unpaired) electrons. The number of halogens is 1. The van der Waals surface area contributed by atoms with Gasteiger partial charge in [-0.15, -0.1) is 0 Å². The molecular weight excluding hydrogens is 300 g/mol. The molecule has 1 atom stereocenters. The van der Waals surface area contributed by atoms with E-state index in [0.29, 0.717) is 23.7 Å². The summed E-state index contributed by atoms with van der Waals surface area (Å²) < 4.78 is 0. The van der Waals surface area contributed by atoms with Crippen LogP contribution in [0.1, 0.15) is 22.0 Å². The lowest BCUT2D eigenvalue weighted by atomic mass is 10.0. The van der Waals surface area contributed by atoms with Gasteiger partial charge in [-0.3, -0.25) is 9.59 Å². The van der Waals surface area contributed by atoms with Gasteiger partial charge in [0.2, 0.25) is 5.91 Å². The lowest BCUT2D eigenvalue weighted by Crippen LogP contribution is -2.52. The maximum Gasteiger partial charge on any atom is 0.256 e. The molecule has 0 aromatic heterocycles. The van der Waals surface area contributed by atoms with Gasteiger partial charge in [0.05, 0.1) is 10.6 Å². The smallest absolute Gasteiger partial charge is 0.256 e. The minimum absolute atomic E-state index is 0.169. The number of carbonyl (C=O) groups is 2. The fourth-order valence-electron chi connectivity index (χ4n) is 2.64. The molecule has 0 bridgehead atoms. The molecular formula is C17H15ClN2O2. The molecule has 5 heteroatoms. The number of rotatable bonds is 2. The molecule has 1 heterocycles. The van der Waals surface area contributed by atoms with Crippen LogP contribution < -0.4 is 5.32 Å². The van der Waals surface area contributed by atoms with Gasteiger partial charge >= 0.3 is 0 Å². The lowest BCUT2D eigenvalue weighted by molar-refractivity contribution is -0.128. The highest BCUT2D eigenvalue weighted by atomic mass is 35.5. The van der Waals surface area contributed by atoms with E-state index in [1.165, 1.54) is 0 Å². The number of hydrogen-bond donors (Lipinski definition) is 1. The maximum absolute atomic E-state index is 12.8. The van der Waals surface area contributed by atoms with Crippen molar-refractivity contribution >= 4 is 23.4 Å². The predicted molar refractivity (Wildman–Crippen MR) is 84.7 cm³/mol. The highest BCUT2D eigenvalue weighted by Crippen LogP contribution is 2.27. The van der Waals surface area contributed by atoms with E-state index in [-0.39, 0.29) is 11.8 Å². The largest absolute Gasteiger partial charge is 0.352 e. The Morgan fingerprint density at radius 2 is 1.77 bits per heavy atom. The zero-order valence-corrected chi connectivity index (χ0v) is 12.6. The topological polar surface area (TPSA) is 49.4 Å². The van der Waals surface area contributed by atoms with Crippen molar-refractivity contribution in [2.24, 2.45) is 0 Å². The number of nitrogens with one attached hydrogen (secondary N) is 1. The van der Waals surface area contributed by atoms with Crippen molar-refractivity contribution in [2.45, 2.75) is 6.04 Å². The summed E-state index contributed by atoms with van der Waals surface area (Å²) in [7, 11) is 0. The van der Waals surface area contributed by atoms with Gasteiger partial charge in [-0.1, -0.05) is 54.1 Å². The van der Waals surface area contributed by atoms with Crippen molar-refractivity contribution in [3.05, 3.63) is 70.7 Å². The van der Waals surface area contributed by atoms with E-state index < -0.39 is 6.04 Å². The second-order valence-electron chi connectivity index (χ2n) is 5.08. The predicted octanol–water partition coefficient (Wildman–Crippen LogP) is 2.65. The highest BCUT2D eigenvalue weighted by Gasteiger charge is 2.35. The Labute approximate surface area is 133 Å². The molecule has 0 aliphatic carbocycles. The van der Waals surface area contributed by atoms with Crippen LogP contribution >= 0.6 is 11.6 Å². The third-order valence-electron chi connectivity index (χ3n) is 3.69. The Hall–Kier alpha value is -2.33. The molecule has 1 saturated heterocycles. The zero-order valence-electron chi connectivity index (χ0n) is 11.8. The van der Waals surface area contributed by atoms with Crippen LogP contribution in [0, 0.1) is 0 Å². The summed E-state index contributed by atoms with van der Waals surface area (Å²) in [6, 6.07) is 15.6. The van der Waals surface area contributed by atoms with E-state index in [2.05, 4.69) is 5.32 Å². The highest BCUT2D eigenvalue weighted by molar-refractivity contribution is 6.33. The third kappa shape index (κ3) is 2.70. The molecule has 2 amide bonds. The second-order valence-corrected chi connectivity index (χ2v) is 5.49. The van der Waals surface area contributed by atoms with Crippen LogP contribution in [0.2, 0.25) is 5.02 Å². The van der Waals surface area contributed by atoms with Crippen molar-refractivity contribution in [1.82, 2.24) is 10.2 Å². The van der Waals surface area contributed by atoms with E-state index >= 15 is 0 Å². The average molecular weight is 315 g/mol. The number of piperazine rings is 1. The first kappa shape index (κ1) is 14.6. The van der Waals surface area contributed by atoms with Gasteiger partial charge in [0.1, 0.15) is 6.04 Å². The number of hydrogen-bond acceptors (Lipinski definition) is 2. The van der Waals surface area contributed by atoms with E-state index in [9.17, 15) is 9.59 Å². The van der Waals surface area contributed by atoms with Gasteiger partial charge in [-0.05, 0) is 17.7 Å². The van der Waals surface area contributed by atoms with Crippen molar-refractivity contribution in [2.75, 3.05) is 13.1 Å². The molecule has 2 aromatic carbocycles. The maximum atomic E-state index is 12.8. The standard InChI is InChI=1S/C17H15ClN2O2/c18-14-9-5-4-8-13(14)17(22)20-11-10-19-16(21)15(20)12-6-2-1-3-7-12/h1-9,15H,10-11H2,(H,19,21). The Bertz CT molecular complexity index is 703. The first-order valence-corrected chi connectivity index (χ1v) is 7.44. The summed E-state index contributed by atoms with van der Waals surface area (Å²) in [5.41, 5.74) is 1.21. The van der Waals surface area contributed by atoms with E-state index in [0.717, 1.165) is 5.56 Å². The van der Waals surface area contributed by atoms with Gasteiger partial charge in [0.25, 0.3) is 5.91 Å². The normalized spacial score (nSPS) is 18.0. The summed E-state index contributed by atoms with van der Waals surface area (Å²) in [6.07, 6.45) is 0. The Morgan fingerprint density at radius 3 is 2.50 bits per heavy atom. The summed E-state index contributed by atoms with van der Waals surface area (Å²) in [4.78, 5) is 26.7. The number of amides is 2. The summed E-state index contributed by atoms with van der Waals surface area (Å²) in [5.74, 6) is -0.396. The molecule has 22 heavy (non-hydrogen) atoms. The molecule has 1 N–H and O–H groups in total. The molecule has 2 aromatic rings.